The molecule has 1 unspecified atom stereocenters. The van der Waals surface area contributed by atoms with Crippen LogP contribution in [0.3, 0.4) is 0 Å². The average molecular weight is 188 g/mol. The monoisotopic (exact) mass is 188 g/mol. The molecule has 0 fully saturated rings. The summed E-state index contributed by atoms with van der Waals surface area (Å²) in [6, 6.07) is -0.535. The zero-order valence-electron chi connectivity index (χ0n) is 8.37. The molecule has 5 heteroatoms. The first-order valence-electron chi connectivity index (χ1n) is 3.99. The van der Waals surface area contributed by atoms with Gasteiger partial charge in [-0.15, -0.1) is 0 Å². The van der Waals surface area contributed by atoms with Gasteiger partial charge in [-0.25, -0.2) is 4.99 Å². The van der Waals surface area contributed by atoms with E-state index in [1.165, 1.54) is 6.21 Å². The van der Waals surface area contributed by atoms with Crippen molar-refractivity contribution >= 4 is 12.0 Å². The average Bonchev–Trinajstić information content (AvgIpc) is 2.04. The molecule has 0 aromatic rings. The van der Waals surface area contributed by atoms with Crippen LogP contribution in [0.15, 0.2) is 5.16 Å². The second-order valence-electron chi connectivity index (χ2n) is 3.72. The molecular weight excluding hydrogens is 172 g/mol. The number of nitrogens with zero attached hydrogens (tertiary/aromatic N) is 1. The van der Waals surface area contributed by atoms with Gasteiger partial charge in [0.2, 0.25) is 0 Å². The van der Waals surface area contributed by atoms with Crippen LogP contribution in [0.5, 0.6) is 0 Å². The van der Waals surface area contributed by atoms with Crippen LogP contribution in [-0.4, -0.2) is 30.3 Å². The van der Waals surface area contributed by atoms with Gasteiger partial charge in [-0.05, 0) is 7.05 Å². The van der Waals surface area contributed by atoms with E-state index in [-0.39, 0.29) is 5.78 Å². The SMILES string of the molecule is CNC(C=NOO)C(=O)C(C)(C)C. The van der Waals surface area contributed by atoms with Crippen LogP contribution in [-0.2, 0) is 9.78 Å². The van der Waals surface area contributed by atoms with E-state index in [0.29, 0.717) is 0 Å². The van der Waals surface area contributed by atoms with E-state index in [1.54, 1.807) is 7.05 Å². The summed E-state index contributed by atoms with van der Waals surface area (Å²) in [6.07, 6.45) is 1.22. The largest absolute Gasteiger partial charge is 0.306 e. The van der Waals surface area contributed by atoms with E-state index < -0.39 is 11.5 Å². The van der Waals surface area contributed by atoms with Crippen LogP contribution in [0.1, 0.15) is 20.8 Å². The quantitative estimate of drug-likeness (QED) is 0.386. The minimum Gasteiger partial charge on any atom is -0.306 e. The van der Waals surface area contributed by atoms with Crippen molar-refractivity contribution in [1.29, 1.82) is 0 Å². The van der Waals surface area contributed by atoms with E-state index >= 15 is 0 Å². The van der Waals surface area contributed by atoms with E-state index in [0.717, 1.165) is 0 Å². The fourth-order valence-corrected chi connectivity index (χ4v) is 0.828. The Morgan fingerprint density at radius 1 is 1.62 bits per heavy atom. The lowest BCUT2D eigenvalue weighted by atomic mass is 9.87. The van der Waals surface area contributed by atoms with E-state index in [4.69, 9.17) is 5.26 Å². The minimum atomic E-state index is -0.535. The maximum Gasteiger partial charge on any atom is 0.160 e. The molecule has 76 valence electrons. The zero-order chi connectivity index (χ0) is 10.5. The highest BCUT2D eigenvalue weighted by molar-refractivity contribution is 6.01. The van der Waals surface area contributed by atoms with Crippen molar-refractivity contribution in [3.8, 4) is 0 Å². The van der Waals surface area contributed by atoms with Crippen molar-refractivity contribution < 1.29 is 15.0 Å². The molecule has 0 amide bonds. The zero-order valence-corrected chi connectivity index (χ0v) is 8.37. The number of Topliss-reactive ketones (excluding diaryl/α,β-unsaturated/α-hetero) is 1. The number of hydrogen-bond acceptors (Lipinski definition) is 5. The highest BCUT2D eigenvalue weighted by atomic mass is 17.2. The molecule has 0 rings (SSSR count). The Hall–Kier alpha value is -0.940. The highest BCUT2D eigenvalue weighted by Crippen LogP contribution is 2.15. The van der Waals surface area contributed by atoms with Gasteiger partial charge in [-0.2, -0.15) is 5.26 Å². The summed E-state index contributed by atoms with van der Waals surface area (Å²) < 4.78 is 0. The summed E-state index contributed by atoms with van der Waals surface area (Å²) >= 11 is 0. The van der Waals surface area contributed by atoms with Crippen LogP contribution in [0.4, 0.5) is 0 Å². The third-order valence-electron chi connectivity index (χ3n) is 1.59. The maximum atomic E-state index is 11.6. The van der Waals surface area contributed by atoms with Crippen molar-refractivity contribution in [2.45, 2.75) is 26.8 Å². The number of rotatable bonds is 4. The molecule has 0 saturated carbocycles. The second kappa shape index (κ2) is 4.94. The number of oxime groups is 1. The fraction of sp³-hybridized carbons (Fsp3) is 0.750. The molecule has 2 N–H and O–H groups in total. The first-order chi connectivity index (χ1) is 5.93. The van der Waals surface area contributed by atoms with Crippen molar-refractivity contribution in [3.63, 3.8) is 0 Å². The highest BCUT2D eigenvalue weighted by Gasteiger charge is 2.27. The van der Waals surface area contributed by atoms with Crippen molar-refractivity contribution in [2.75, 3.05) is 7.05 Å². The Bertz CT molecular complexity index is 196. The number of likely N-dealkylation sites (N-methyl/N-ethyl adjacent to an activating group) is 1. The van der Waals surface area contributed by atoms with E-state index in [1.807, 2.05) is 20.8 Å². The molecule has 0 aliphatic rings. The number of carbonyl (C=O) groups is 1. The summed E-state index contributed by atoms with van der Waals surface area (Å²) in [7, 11) is 1.64. The Kier molecular flexibility index (Phi) is 4.58. The molecule has 0 bridgehead atoms. The van der Waals surface area contributed by atoms with Crippen LogP contribution >= 0.6 is 0 Å². The Morgan fingerprint density at radius 2 is 2.15 bits per heavy atom. The second-order valence-corrected chi connectivity index (χ2v) is 3.72. The standard InChI is InChI=1S/C8H16N2O3/c1-8(2,3)7(11)6(9-4)5-10-13-12/h5-6,9,12H,1-4H3. The predicted molar refractivity (Wildman–Crippen MR) is 49.5 cm³/mol. The lowest BCUT2D eigenvalue weighted by molar-refractivity contribution is -0.242. The Balaban J connectivity index is 4.42. The van der Waals surface area contributed by atoms with Gasteiger partial charge >= 0.3 is 0 Å². The maximum absolute atomic E-state index is 11.6. The molecule has 1 atom stereocenters. The van der Waals surface area contributed by atoms with Crippen molar-refractivity contribution in [1.82, 2.24) is 5.32 Å². The van der Waals surface area contributed by atoms with Gasteiger partial charge in [0.1, 0.15) is 6.04 Å². The Morgan fingerprint density at radius 3 is 2.46 bits per heavy atom. The van der Waals surface area contributed by atoms with E-state index in [2.05, 4.69) is 15.5 Å². The van der Waals surface area contributed by atoms with Gasteiger partial charge in [0, 0.05) is 5.41 Å². The summed E-state index contributed by atoms with van der Waals surface area (Å²) in [6.45, 7) is 5.44. The minimum absolute atomic E-state index is 0.0178. The van der Waals surface area contributed by atoms with Crippen molar-refractivity contribution in [2.24, 2.45) is 10.6 Å². The topological polar surface area (TPSA) is 70.9 Å². The van der Waals surface area contributed by atoms with Crippen LogP contribution in [0.25, 0.3) is 0 Å². The summed E-state index contributed by atoms with van der Waals surface area (Å²) in [5.74, 6) is -0.0178. The van der Waals surface area contributed by atoms with E-state index in [9.17, 15) is 4.79 Å². The summed E-state index contributed by atoms with van der Waals surface area (Å²) in [5, 5.41) is 13.8. The molecule has 0 aliphatic carbocycles. The van der Waals surface area contributed by atoms with Crippen LogP contribution in [0, 0.1) is 5.41 Å². The summed E-state index contributed by atoms with van der Waals surface area (Å²) in [5.41, 5.74) is -0.449. The molecule has 0 saturated heterocycles. The van der Waals surface area contributed by atoms with Gasteiger partial charge in [0.25, 0.3) is 0 Å². The number of hydrogen-bond donors (Lipinski definition) is 2. The lowest BCUT2D eigenvalue weighted by Crippen LogP contribution is -2.42. The molecule has 0 aromatic carbocycles. The molecule has 13 heavy (non-hydrogen) atoms. The smallest absolute Gasteiger partial charge is 0.160 e. The van der Waals surface area contributed by atoms with Gasteiger partial charge in [0.15, 0.2) is 5.78 Å². The fourth-order valence-electron chi connectivity index (χ4n) is 0.828. The predicted octanol–water partition coefficient (Wildman–Crippen LogP) is 0.665. The Labute approximate surface area is 77.7 Å². The van der Waals surface area contributed by atoms with Crippen molar-refractivity contribution in [3.05, 3.63) is 0 Å². The third-order valence-corrected chi connectivity index (χ3v) is 1.59. The molecule has 0 aliphatic heterocycles. The normalized spacial score (nSPS) is 14.5. The first kappa shape index (κ1) is 12.1. The number of carbonyl (C=O) groups excluding carboxylic acids is 1. The first-order valence-corrected chi connectivity index (χ1v) is 3.99. The molecule has 0 spiro atoms. The lowest BCUT2D eigenvalue weighted by Gasteiger charge is -2.20. The van der Waals surface area contributed by atoms with Gasteiger partial charge in [-0.1, -0.05) is 25.9 Å². The van der Waals surface area contributed by atoms with Gasteiger partial charge in [0.05, 0.1) is 6.21 Å². The summed E-state index contributed by atoms with van der Waals surface area (Å²) in [4.78, 5) is 15.1. The molecular formula is C8H16N2O3. The van der Waals surface area contributed by atoms with Gasteiger partial charge < -0.3 is 5.32 Å². The van der Waals surface area contributed by atoms with Crippen LogP contribution < -0.4 is 5.32 Å². The molecule has 0 radical (unpaired) electrons. The molecule has 5 nitrogen and oxygen atoms in total. The van der Waals surface area contributed by atoms with Crippen LogP contribution in [0.2, 0.25) is 0 Å². The number of nitrogens with one attached hydrogen (secondary N) is 1. The molecule has 0 aromatic heterocycles. The van der Waals surface area contributed by atoms with Gasteiger partial charge in [-0.3, -0.25) is 4.79 Å². The third kappa shape index (κ3) is 4.00. The molecule has 0 heterocycles. The number of ketones is 1.